The first-order chi connectivity index (χ1) is 11.8. The average Bonchev–Trinajstić information content (AvgIpc) is 2.62. The van der Waals surface area contributed by atoms with E-state index in [1.807, 2.05) is 61.5 Å². The molecule has 0 radical (unpaired) electrons. The Labute approximate surface area is 141 Å². The van der Waals surface area contributed by atoms with Gasteiger partial charge in [0.2, 0.25) is 5.91 Å². The van der Waals surface area contributed by atoms with E-state index in [0.717, 1.165) is 27.8 Å². The fraction of sp³-hybridized carbons (Fsp3) is 0.0952. The van der Waals surface area contributed by atoms with Crippen molar-refractivity contribution in [2.75, 3.05) is 11.9 Å². The molecule has 3 heteroatoms. The Hall–Kier alpha value is -3.07. The summed E-state index contributed by atoms with van der Waals surface area (Å²) < 4.78 is 5.39. The Morgan fingerprint density at radius 1 is 1.00 bits per heavy atom. The molecule has 0 spiro atoms. The number of nitrogens with one attached hydrogen (secondary N) is 1. The van der Waals surface area contributed by atoms with Crippen LogP contribution in [0.3, 0.4) is 0 Å². The first kappa shape index (κ1) is 15.8. The number of hydrogen-bond acceptors (Lipinski definition) is 2. The van der Waals surface area contributed by atoms with Gasteiger partial charge in [-0.3, -0.25) is 4.79 Å². The van der Waals surface area contributed by atoms with E-state index in [0.29, 0.717) is 6.61 Å². The molecule has 3 aromatic rings. The first-order valence-electron chi connectivity index (χ1n) is 7.96. The molecule has 0 saturated heterocycles. The zero-order chi connectivity index (χ0) is 16.8. The van der Waals surface area contributed by atoms with Crippen LogP contribution in [-0.2, 0) is 4.79 Å². The van der Waals surface area contributed by atoms with Gasteiger partial charge in [0, 0.05) is 11.8 Å². The molecule has 0 saturated carbocycles. The number of ether oxygens (including phenoxy) is 1. The van der Waals surface area contributed by atoms with Crippen LogP contribution in [0.4, 0.5) is 5.69 Å². The van der Waals surface area contributed by atoms with Crippen molar-refractivity contribution in [3.63, 3.8) is 0 Å². The Bertz CT molecular complexity index is 861. The quantitative estimate of drug-likeness (QED) is 0.680. The van der Waals surface area contributed by atoms with E-state index in [2.05, 4.69) is 23.5 Å². The smallest absolute Gasteiger partial charge is 0.248 e. The van der Waals surface area contributed by atoms with E-state index >= 15 is 0 Å². The summed E-state index contributed by atoms with van der Waals surface area (Å²) in [5.41, 5.74) is 1.76. The molecule has 0 fully saturated rings. The molecule has 1 N–H and O–H groups in total. The highest BCUT2D eigenvalue weighted by molar-refractivity contribution is 6.03. The second-order valence-corrected chi connectivity index (χ2v) is 5.35. The predicted octanol–water partition coefficient (Wildman–Crippen LogP) is 4.89. The van der Waals surface area contributed by atoms with Crippen molar-refractivity contribution in [2.45, 2.75) is 6.92 Å². The largest absolute Gasteiger partial charge is 0.494 e. The van der Waals surface area contributed by atoms with E-state index in [9.17, 15) is 4.79 Å². The summed E-state index contributed by atoms with van der Waals surface area (Å²) >= 11 is 0. The number of carbonyl (C=O) groups excluding carboxylic acids is 1. The molecular weight excluding hydrogens is 298 g/mol. The second kappa shape index (κ2) is 7.47. The molecule has 120 valence electrons. The van der Waals surface area contributed by atoms with Gasteiger partial charge >= 0.3 is 0 Å². The lowest BCUT2D eigenvalue weighted by molar-refractivity contribution is -0.111. The highest BCUT2D eigenvalue weighted by Gasteiger charge is 2.00. The van der Waals surface area contributed by atoms with E-state index in [1.165, 1.54) is 0 Å². The highest BCUT2D eigenvalue weighted by Crippen LogP contribution is 2.20. The number of fused-ring (bicyclic) bond motifs is 1. The van der Waals surface area contributed by atoms with Gasteiger partial charge in [0.1, 0.15) is 5.75 Å². The molecule has 0 aliphatic carbocycles. The van der Waals surface area contributed by atoms with Gasteiger partial charge in [0.25, 0.3) is 0 Å². The number of amides is 1. The van der Waals surface area contributed by atoms with Gasteiger partial charge in [-0.1, -0.05) is 42.5 Å². The normalized spacial score (nSPS) is 10.9. The summed E-state index contributed by atoms with van der Waals surface area (Å²) in [5.74, 6) is 0.633. The molecule has 0 aliphatic rings. The second-order valence-electron chi connectivity index (χ2n) is 5.35. The van der Waals surface area contributed by atoms with Crippen LogP contribution in [-0.4, -0.2) is 12.5 Å². The van der Waals surface area contributed by atoms with Crippen LogP contribution in [0, 0.1) is 0 Å². The maximum atomic E-state index is 12.1. The molecular formula is C21H19NO2. The summed E-state index contributed by atoms with van der Waals surface area (Å²) in [7, 11) is 0. The van der Waals surface area contributed by atoms with Crippen molar-refractivity contribution in [1.29, 1.82) is 0 Å². The van der Waals surface area contributed by atoms with Crippen molar-refractivity contribution >= 4 is 28.4 Å². The molecule has 3 rings (SSSR count). The zero-order valence-corrected chi connectivity index (χ0v) is 13.5. The summed E-state index contributed by atoms with van der Waals surface area (Å²) in [6.45, 7) is 2.56. The lowest BCUT2D eigenvalue weighted by Gasteiger charge is -2.05. The standard InChI is InChI=1S/C21H19NO2/c1-2-24-19-13-11-18(12-14-19)22-21(23)15-10-17-8-5-7-16-6-3-4-9-20(16)17/h3-15H,2H2,1H3,(H,22,23)/b15-10+. The Balaban J connectivity index is 1.70. The number of anilines is 1. The maximum Gasteiger partial charge on any atom is 0.248 e. The minimum absolute atomic E-state index is 0.160. The highest BCUT2D eigenvalue weighted by atomic mass is 16.5. The monoisotopic (exact) mass is 317 g/mol. The van der Waals surface area contributed by atoms with Crippen molar-refractivity contribution in [3.05, 3.63) is 78.4 Å². The third-order valence-electron chi connectivity index (χ3n) is 3.67. The lowest BCUT2D eigenvalue weighted by atomic mass is 10.0. The lowest BCUT2D eigenvalue weighted by Crippen LogP contribution is -2.07. The Morgan fingerprint density at radius 2 is 1.75 bits per heavy atom. The fourth-order valence-electron chi connectivity index (χ4n) is 2.55. The molecule has 0 heterocycles. The van der Waals surface area contributed by atoms with Gasteiger partial charge in [-0.15, -0.1) is 0 Å². The summed E-state index contributed by atoms with van der Waals surface area (Å²) in [6, 6.07) is 21.5. The van der Waals surface area contributed by atoms with Gasteiger partial charge in [0.15, 0.2) is 0 Å². The maximum absolute atomic E-state index is 12.1. The number of benzene rings is 3. The van der Waals surface area contributed by atoms with Gasteiger partial charge < -0.3 is 10.1 Å². The van der Waals surface area contributed by atoms with Crippen molar-refractivity contribution < 1.29 is 9.53 Å². The summed E-state index contributed by atoms with van der Waals surface area (Å²) in [4.78, 5) is 12.1. The number of rotatable bonds is 5. The molecule has 0 unspecified atom stereocenters. The molecule has 0 atom stereocenters. The third kappa shape index (κ3) is 3.82. The van der Waals surface area contributed by atoms with Crippen LogP contribution in [0.25, 0.3) is 16.8 Å². The van der Waals surface area contributed by atoms with Crippen LogP contribution in [0.1, 0.15) is 12.5 Å². The first-order valence-corrected chi connectivity index (χ1v) is 7.96. The molecule has 0 aromatic heterocycles. The van der Waals surface area contributed by atoms with E-state index in [-0.39, 0.29) is 5.91 Å². The fourth-order valence-corrected chi connectivity index (χ4v) is 2.55. The van der Waals surface area contributed by atoms with E-state index < -0.39 is 0 Å². The van der Waals surface area contributed by atoms with Crippen molar-refractivity contribution in [2.24, 2.45) is 0 Å². The summed E-state index contributed by atoms with van der Waals surface area (Å²) in [6.07, 6.45) is 3.39. The van der Waals surface area contributed by atoms with Crippen LogP contribution in [0.2, 0.25) is 0 Å². The molecule has 3 aromatic carbocycles. The third-order valence-corrected chi connectivity index (χ3v) is 3.67. The SMILES string of the molecule is CCOc1ccc(NC(=O)/C=C/c2cccc3ccccc23)cc1. The van der Waals surface area contributed by atoms with Crippen LogP contribution < -0.4 is 10.1 Å². The molecule has 1 amide bonds. The van der Waals surface area contributed by atoms with Gasteiger partial charge in [-0.2, -0.15) is 0 Å². The topological polar surface area (TPSA) is 38.3 Å². The molecule has 3 nitrogen and oxygen atoms in total. The minimum atomic E-state index is -0.160. The summed E-state index contributed by atoms with van der Waals surface area (Å²) in [5, 5.41) is 5.14. The van der Waals surface area contributed by atoms with Gasteiger partial charge in [-0.25, -0.2) is 0 Å². The molecule has 0 bridgehead atoms. The van der Waals surface area contributed by atoms with Crippen LogP contribution in [0.5, 0.6) is 5.75 Å². The van der Waals surface area contributed by atoms with Crippen molar-refractivity contribution in [1.82, 2.24) is 0 Å². The number of carbonyl (C=O) groups is 1. The van der Waals surface area contributed by atoms with Crippen LogP contribution >= 0.6 is 0 Å². The predicted molar refractivity (Wildman–Crippen MR) is 99.2 cm³/mol. The Morgan fingerprint density at radius 3 is 2.54 bits per heavy atom. The zero-order valence-electron chi connectivity index (χ0n) is 13.5. The number of hydrogen-bond donors (Lipinski definition) is 1. The van der Waals surface area contributed by atoms with Crippen LogP contribution in [0.15, 0.2) is 72.8 Å². The van der Waals surface area contributed by atoms with Gasteiger partial charge in [-0.05, 0) is 53.6 Å². The van der Waals surface area contributed by atoms with Crippen molar-refractivity contribution in [3.8, 4) is 5.75 Å². The Kier molecular flexibility index (Phi) is 4.92. The van der Waals surface area contributed by atoms with E-state index in [4.69, 9.17) is 4.74 Å². The van der Waals surface area contributed by atoms with Gasteiger partial charge in [0.05, 0.1) is 6.61 Å². The van der Waals surface area contributed by atoms with E-state index in [1.54, 1.807) is 6.08 Å². The minimum Gasteiger partial charge on any atom is -0.494 e. The average molecular weight is 317 g/mol. The molecule has 24 heavy (non-hydrogen) atoms. The molecule has 0 aliphatic heterocycles.